The molecule has 1 aromatic carbocycles. The van der Waals surface area contributed by atoms with Crippen molar-refractivity contribution in [2.45, 2.75) is 44.0 Å². The number of nitro benzene ring substituents is 1. The average Bonchev–Trinajstić information content (AvgIpc) is 2.56. The first kappa shape index (κ1) is 22.0. The maximum atomic E-state index is 13.0. The summed E-state index contributed by atoms with van der Waals surface area (Å²) in [6.45, 7) is 4.00. The van der Waals surface area contributed by atoms with Gasteiger partial charge in [-0.2, -0.15) is 4.31 Å². The minimum absolute atomic E-state index is 0.0267. The van der Waals surface area contributed by atoms with Gasteiger partial charge in [0, 0.05) is 18.7 Å². The van der Waals surface area contributed by atoms with Gasteiger partial charge in [0.15, 0.2) is 0 Å². The summed E-state index contributed by atoms with van der Waals surface area (Å²) in [5, 5.41) is 20.3. The van der Waals surface area contributed by atoms with E-state index in [1.807, 2.05) is 0 Å². The second-order valence-corrected chi connectivity index (χ2v) is 8.25. The van der Waals surface area contributed by atoms with Crippen LogP contribution in [0.1, 0.15) is 33.1 Å². The maximum Gasteiger partial charge on any atom is 0.322 e. The number of rotatable bonds is 11. The van der Waals surface area contributed by atoms with E-state index >= 15 is 0 Å². The number of hydrogen-bond donors (Lipinski definition) is 2. The molecule has 0 heterocycles. The van der Waals surface area contributed by atoms with Gasteiger partial charge in [0.05, 0.1) is 9.82 Å². The highest BCUT2D eigenvalue weighted by Crippen LogP contribution is 2.24. The number of benzene rings is 1. The number of carboxylic acids is 1. The van der Waals surface area contributed by atoms with E-state index in [0.29, 0.717) is 19.4 Å². The van der Waals surface area contributed by atoms with Crippen molar-refractivity contribution < 1.29 is 23.2 Å². The molecule has 0 unspecified atom stereocenters. The summed E-state index contributed by atoms with van der Waals surface area (Å²) in [5.74, 6) is -1.33. The molecule has 0 radical (unpaired) electrons. The minimum atomic E-state index is -4.12. The van der Waals surface area contributed by atoms with Gasteiger partial charge in [-0.05, 0) is 43.9 Å². The molecule has 1 atom stereocenters. The van der Waals surface area contributed by atoms with E-state index in [0.717, 1.165) is 28.6 Å². The second kappa shape index (κ2) is 9.60. The quantitative estimate of drug-likeness (QED) is 0.335. The van der Waals surface area contributed by atoms with Gasteiger partial charge in [0.25, 0.3) is 5.69 Å². The van der Waals surface area contributed by atoms with Gasteiger partial charge >= 0.3 is 5.97 Å². The summed E-state index contributed by atoms with van der Waals surface area (Å²) in [4.78, 5) is 21.7. The molecule has 26 heavy (non-hydrogen) atoms. The molecule has 0 spiro atoms. The standard InChI is InChI=1S/C16H25N3O6S/c1-12(2)11-18(15(16(20)21)5-3-4-10-17)26(24,25)14-8-6-13(7-9-14)19(22)23/h6-9,12,15H,3-5,10-11,17H2,1-2H3,(H,20,21)/t15-/m0/s1. The molecular formula is C16H25N3O6S. The van der Waals surface area contributed by atoms with Crippen LogP contribution in [-0.4, -0.2) is 47.9 Å². The predicted octanol–water partition coefficient (Wildman–Crippen LogP) is 1.82. The number of non-ortho nitro benzene ring substituents is 1. The van der Waals surface area contributed by atoms with Crippen LogP contribution in [0, 0.1) is 16.0 Å². The Morgan fingerprint density at radius 3 is 2.27 bits per heavy atom. The van der Waals surface area contributed by atoms with Crippen molar-refractivity contribution in [2.24, 2.45) is 11.7 Å². The summed E-state index contributed by atoms with van der Waals surface area (Å²) in [7, 11) is -4.12. The van der Waals surface area contributed by atoms with Crippen LogP contribution in [-0.2, 0) is 14.8 Å². The maximum absolute atomic E-state index is 13.0. The molecule has 1 aromatic rings. The lowest BCUT2D eigenvalue weighted by atomic mass is 10.1. The number of carbonyl (C=O) groups is 1. The van der Waals surface area contributed by atoms with Crippen molar-refractivity contribution in [1.82, 2.24) is 4.31 Å². The summed E-state index contributed by atoms with van der Waals surface area (Å²) < 4.78 is 27.0. The zero-order valence-electron chi connectivity index (χ0n) is 14.9. The SMILES string of the molecule is CC(C)CN([C@@H](CCCCN)C(=O)O)S(=O)(=O)c1ccc([N+](=O)[O-])cc1. The van der Waals surface area contributed by atoms with Crippen molar-refractivity contribution >= 4 is 21.7 Å². The third kappa shape index (κ3) is 5.75. The van der Waals surface area contributed by atoms with E-state index < -0.39 is 27.0 Å². The topological polar surface area (TPSA) is 144 Å². The van der Waals surface area contributed by atoms with Crippen molar-refractivity contribution in [3.05, 3.63) is 34.4 Å². The van der Waals surface area contributed by atoms with Crippen LogP contribution in [0.15, 0.2) is 29.2 Å². The average molecular weight is 387 g/mol. The molecule has 146 valence electrons. The van der Waals surface area contributed by atoms with E-state index in [-0.39, 0.29) is 29.5 Å². The highest BCUT2D eigenvalue weighted by Gasteiger charge is 2.36. The van der Waals surface area contributed by atoms with Crippen molar-refractivity contribution in [3.63, 3.8) is 0 Å². The predicted molar refractivity (Wildman–Crippen MR) is 96.2 cm³/mol. The molecule has 1 rings (SSSR count). The molecular weight excluding hydrogens is 362 g/mol. The molecule has 10 heteroatoms. The van der Waals surface area contributed by atoms with Gasteiger partial charge in [-0.3, -0.25) is 14.9 Å². The van der Waals surface area contributed by atoms with E-state index in [1.54, 1.807) is 13.8 Å². The lowest BCUT2D eigenvalue weighted by Gasteiger charge is -2.29. The van der Waals surface area contributed by atoms with Gasteiger partial charge in [0.1, 0.15) is 6.04 Å². The molecule has 0 fully saturated rings. The van der Waals surface area contributed by atoms with Crippen molar-refractivity contribution in [3.8, 4) is 0 Å². The van der Waals surface area contributed by atoms with Gasteiger partial charge in [-0.25, -0.2) is 8.42 Å². The van der Waals surface area contributed by atoms with E-state index in [4.69, 9.17) is 5.73 Å². The van der Waals surface area contributed by atoms with E-state index in [9.17, 15) is 28.4 Å². The van der Waals surface area contributed by atoms with Crippen LogP contribution in [0.4, 0.5) is 5.69 Å². The molecule has 0 saturated carbocycles. The number of carboxylic acid groups (broad SMARTS) is 1. The summed E-state index contributed by atoms with van der Waals surface area (Å²) in [6, 6.07) is 3.21. The van der Waals surface area contributed by atoms with Gasteiger partial charge in [-0.1, -0.05) is 13.8 Å². The Kier molecular flexibility index (Phi) is 8.12. The molecule has 0 aliphatic heterocycles. The monoisotopic (exact) mass is 387 g/mol. The first-order valence-corrected chi connectivity index (χ1v) is 9.74. The fourth-order valence-corrected chi connectivity index (χ4v) is 4.28. The van der Waals surface area contributed by atoms with Crippen LogP contribution in [0.25, 0.3) is 0 Å². The first-order chi connectivity index (χ1) is 12.1. The lowest BCUT2D eigenvalue weighted by molar-refractivity contribution is -0.384. The van der Waals surface area contributed by atoms with Crippen LogP contribution >= 0.6 is 0 Å². The van der Waals surface area contributed by atoms with Crippen molar-refractivity contribution in [1.29, 1.82) is 0 Å². The largest absolute Gasteiger partial charge is 0.480 e. The Morgan fingerprint density at radius 2 is 1.85 bits per heavy atom. The Bertz CT molecular complexity index is 718. The fourth-order valence-electron chi connectivity index (χ4n) is 2.50. The number of nitrogens with zero attached hydrogens (tertiary/aromatic N) is 2. The highest BCUT2D eigenvalue weighted by molar-refractivity contribution is 7.89. The zero-order chi connectivity index (χ0) is 19.9. The first-order valence-electron chi connectivity index (χ1n) is 8.30. The number of hydrogen-bond acceptors (Lipinski definition) is 6. The molecule has 0 aliphatic rings. The molecule has 9 nitrogen and oxygen atoms in total. The van der Waals surface area contributed by atoms with Crippen LogP contribution in [0.2, 0.25) is 0 Å². The Balaban J connectivity index is 3.26. The Hall–Kier alpha value is -2.04. The van der Waals surface area contributed by atoms with Gasteiger partial charge in [0.2, 0.25) is 10.0 Å². The Labute approximate surface area is 153 Å². The molecule has 0 bridgehead atoms. The molecule has 0 aliphatic carbocycles. The molecule has 3 N–H and O–H groups in total. The highest BCUT2D eigenvalue weighted by atomic mass is 32.2. The molecule has 0 amide bonds. The number of unbranched alkanes of at least 4 members (excludes halogenated alkanes) is 1. The third-order valence-corrected chi connectivity index (χ3v) is 5.65. The zero-order valence-corrected chi connectivity index (χ0v) is 15.7. The van der Waals surface area contributed by atoms with Crippen LogP contribution in [0.3, 0.4) is 0 Å². The number of aliphatic carboxylic acids is 1. The lowest BCUT2D eigenvalue weighted by Crippen LogP contribution is -2.46. The normalized spacial score (nSPS) is 13.1. The van der Waals surface area contributed by atoms with E-state index in [2.05, 4.69) is 0 Å². The second-order valence-electron chi connectivity index (χ2n) is 6.36. The van der Waals surface area contributed by atoms with E-state index in [1.165, 1.54) is 0 Å². The molecule has 0 saturated heterocycles. The summed E-state index contributed by atoms with van der Waals surface area (Å²) in [5.41, 5.74) is 5.19. The summed E-state index contributed by atoms with van der Waals surface area (Å²) >= 11 is 0. The minimum Gasteiger partial charge on any atom is -0.480 e. The van der Waals surface area contributed by atoms with Gasteiger partial charge in [-0.15, -0.1) is 0 Å². The smallest absolute Gasteiger partial charge is 0.322 e. The Morgan fingerprint density at radius 1 is 1.27 bits per heavy atom. The fraction of sp³-hybridized carbons (Fsp3) is 0.562. The third-order valence-electron chi connectivity index (χ3n) is 3.76. The molecule has 0 aromatic heterocycles. The van der Waals surface area contributed by atoms with Crippen LogP contribution < -0.4 is 5.73 Å². The van der Waals surface area contributed by atoms with Crippen LogP contribution in [0.5, 0.6) is 0 Å². The summed E-state index contributed by atoms with van der Waals surface area (Å²) in [6.07, 6.45) is 1.22. The number of nitrogens with two attached hydrogens (primary N) is 1. The van der Waals surface area contributed by atoms with Gasteiger partial charge < -0.3 is 10.8 Å². The van der Waals surface area contributed by atoms with Crippen molar-refractivity contribution in [2.75, 3.05) is 13.1 Å². The number of nitro groups is 1. The number of sulfonamides is 1.